The number of hydrogen-bond acceptors (Lipinski definition) is 3. The molecular formula is C44H24O3. The Hall–Kier alpha value is -6.32. The minimum absolute atomic E-state index is 0.879. The summed E-state index contributed by atoms with van der Waals surface area (Å²) in [6.07, 6.45) is 0. The topological polar surface area (TPSA) is 39.4 Å². The second-order valence-corrected chi connectivity index (χ2v) is 12.4. The van der Waals surface area contributed by atoms with Gasteiger partial charge >= 0.3 is 0 Å². The van der Waals surface area contributed by atoms with Crippen molar-refractivity contribution in [2.24, 2.45) is 0 Å². The van der Waals surface area contributed by atoms with Gasteiger partial charge in [0.2, 0.25) is 0 Å². The zero-order valence-electron chi connectivity index (χ0n) is 25.1. The first-order valence-electron chi connectivity index (χ1n) is 15.9. The second-order valence-electron chi connectivity index (χ2n) is 12.4. The summed E-state index contributed by atoms with van der Waals surface area (Å²) < 4.78 is 19.1. The maximum Gasteiger partial charge on any atom is 0.136 e. The standard InChI is InChI=1S/C44H24O3/c1-3-13-31-27(9-1)33(25-17-19-39-35(21-25)29-11-5-7-15-37(29)45-39)23-41-43(31)44-32-14-4-2-10-28(32)34(24-42(44)47-41)26-18-20-40-36(22-26)30-12-6-8-16-38(30)46-40/h1-24H. The van der Waals surface area contributed by atoms with Gasteiger partial charge in [-0.2, -0.15) is 0 Å². The smallest absolute Gasteiger partial charge is 0.136 e. The van der Waals surface area contributed by atoms with E-state index in [2.05, 4.69) is 121 Å². The normalized spacial score (nSPS) is 12.3. The number of fused-ring (bicyclic) bond motifs is 13. The molecule has 3 heterocycles. The fourth-order valence-electron chi connectivity index (χ4n) is 7.76. The third-order valence-corrected chi connectivity index (χ3v) is 9.86. The Morgan fingerprint density at radius 3 is 1.09 bits per heavy atom. The molecular weight excluding hydrogens is 576 g/mol. The van der Waals surface area contributed by atoms with Crippen LogP contribution in [0.1, 0.15) is 0 Å². The van der Waals surface area contributed by atoms with Gasteiger partial charge in [-0.25, -0.2) is 0 Å². The molecule has 0 radical (unpaired) electrons. The van der Waals surface area contributed by atoms with Crippen LogP contribution in [-0.4, -0.2) is 0 Å². The molecule has 0 unspecified atom stereocenters. The van der Waals surface area contributed by atoms with E-state index >= 15 is 0 Å². The van der Waals surface area contributed by atoms with Crippen LogP contribution in [0.2, 0.25) is 0 Å². The zero-order valence-corrected chi connectivity index (χ0v) is 25.1. The van der Waals surface area contributed by atoms with Crippen LogP contribution < -0.4 is 0 Å². The highest BCUT2D eigenvalue weighted by Gasteiger charge is 2.20. The molecule has 0 saturated heterocycles. The van der Waals surface area contributed by atoms with Gasteiger partial charge in [0.1, 0.15) is 33.5 Å². The van der Waals surface area contributed by atoms with E-state index in [1.54, 1.807) is 0 Å². The summed E-state index contributed by atoms with van der Waals surface area (Å²) >= 11 is 0. The van der Waals surface area contributed by atoms with E-state index in [0.717, 1.165) is 88.1 Å². The average molecular weight is 601 g/mol. The van der Waals surface area contributed by atoms with Crippen molar-refractivity contribution in [3.63, 3.8) is 0 Å². The van der Waals surface area contributed by atoms with Gasteiger partial charge < -0.3 is 13.3 Å². The Kier molecular flexibility index (Phi) is 4.84. The van der Waals surface area contributed by atoms with Gasteiger partial charge in [-0.1, -0.05) is 97.1 Å². The van der Waals surface area contributed by atoms with Crippen LogP contribution in [0.5, 0.6) is 0 Å². The van der Waals surface area contributed by atoms with Gasteiger partial charge in [-0.05, 0) is 92.3 Å². The van der Waals surface area contributed by atoms with Crippen LogP contribution in [-0.2, 0) is 0 Å². The molecule has 0 aliphatic rings. The maximum absolute atomic E-state index is 6.84. The van der Waals surface area contributed by atoms with Crippen molar-refractivity contribution in [1.82, 2.24) is 0 Å². The highest BCUT2D eigenvalue weighted by Crippen LogP contribution is 2.46. The molecule has 3 heteroatoms. The number of para-hydroxylation sites is 2. The van der Waals surface area contributed by atoms with E-state index in [-0.39, 0.29) is 0 Å². The molecule has 3 nitrogen and oxygen atoms in total. The fourth-order valence-corrected chi connectivity index (χ4v) is 7.76. The van der Waals surface area contributed by atoms with Crippen molar-refractivity contribution < 1.29 is 13.3 Å². The minimum atomic E-state index is 0.879. The summed E-state index contributed by atoms with van der Waals surface area (Å²) in [6.45, 7) is 0. The third-order valence-electron chi connectivity index (χ3n) is 9.86. The largest absolute Gasteiger partial charge is 0.456 e. The molecule has 8 aromatic carbocycles. The molecule has 0 bridgehead atoms. The molecule has 0 atom stereocenters. The van der Waals surface area contributed by atoms with Crippen molar-refractivity contribution in [2.75, 3.05) is 0 Å². The van der Waals surface area contributed by atoms with Crippen LogP contribution in [0, 0.1) is 0 Å². The van der Waals surface area contributed by atoms with E-state index in [1.807, 2.05) is 24.3 Å². The Morgan fingerprint density at radius 2 is 0.617 bits per heavy atom. The molecule has 11 rings (SSSR count). The van der Waals surface area contributed by atoms with Crippen molar-refractivity contribution in [3.8, 4) is 22.3 Å². The lowest BCUT2D eigenvalue weighted by Gasteiger charge is -2.10. The van der Waals surface area contributed by atoms with Crippen LogP contribution in [0.4, 0.5) is 0 Å². The number of furan rings is 3. The molecule has 0 fully saturated rings. The Labute approximate surface area is 267 Å². The van der Waals surface area contributed by atoms with Gasteiger partial charge in [0.05, 0.1) is 0 Å². The predicted molar refractivity (Wildman–Crippen MR) is 194 cm³/mol. The van der Waals surface area contributed by atoms with Gasteiger partial charge in [0, 0.05) is 32.3 Å². The van der Waals surface area contributed by atoms with E-state index in [4.69, 9.17) is 13.3 Å². The summed E-state index contributed by atoms with van der Waals surface area (Å²) in [5.41, 5.74) is 9.90. The van der Waals surface area contributed by atoms with Crippen LogP contribution >= 0.6 is 0 Å². The van der Waals surface area contributed by atoms with E-state index < -0.39 is 0 Å². The average Bonchev–Trinajstić information content (AvgIpc) is 3.81. The summed E-state index contributed by atoms with van der Waals surface area (Å²) in [4.78, 5) is 0. The summed E-state index contributed by atoms with van der Waals surface area (Å²) in [6, 6.07) is 51.3. The highest BCUT2D eigenvalue weighted by atomic mass is 16.3. The SMILES string of the molecule is c1ccc2c(c1)oc1ccc(-c3cc4oc5cc(-c6ccc7oc8ccccc8c7c6)c6ccccc6c5c4c4ccccc34)cc12. The lowest BCUT2D eigenvalue weighted by Crippen LogP contribution is -1.85. The molecule has 0 aliphatic heterocycles. The first-order chi connectivity index (χ1) is 23.3. The van der Waals surface area contributed by atoms with Crippen molar-refractivity contribution in [1.29, 1.82) is 0 Å². The van der Waals surface area contributed by atoms with Crippen molar-refractivity contribution in [2.45, 2.75) is 0 Å². The van der Waals surface area contributed by atoms with E-state index in [1.165, 1.54) is 21.5 Å². The van der Waals surface area contributed by atoms with E-state index in [9.17, 15) is 0 Å². The molecule has 0 saturated carbocycles. The molecule has 3 aromatic heterocycles. The second kappa shape index (κ2) is 9.12. The summed E-state index contributed by atoms with van der Waals surface area (Å²) in [7, 11) is 0. The highest BCUT2D eigenvalue weighted by molar-refractivity contribution is 6.30. The lowest BCUT2D eigenvalue weighted by molar-refractivity contribution is 0.668. The number of hydrogen-bond donors (Lipinski definition) is 0. The molecule has 0 aliphatic carbocycles. The van der Waals surface area contributed by atoms with Crippen LogP contribution in [0.15, 0.2) is 159 Å². The monoisotopic (exact) mass is 600 g/mol. The quantitative estimate of drug-likeness (QED) is 0.198. The molecule has 11 aromatic rings. The van der Waals surface area contributed by atoms with Gasteiger partial charge in [0.15, 0.2) is 0 Å². The van der Waals surface area contributed by atoms with Crippen LogP contribution in [0.3, 0.4) is 0 Å². The van der Waals surface area contributed by atoms with Crippen molar-refractivity contribution in [3.05, 3.63) is 146 Å². The molecule has 0 N–H and O–H groups in total. The molecule has 218 valence electrons. The molecule has 47 heavy (non-hydrogen) atoms. The third kappa shape index (κ3) is 3.46. The van der Waals surface area contributed by atoms with Gasteiger partial charge in [-0.15, -0.1) is 0 Å². The first kappa shape index (κ1) is 24.9. The number of rotatable bonds is 2. The fraction of sp³-hybridized carbons (Fsp3) is 0. The lowest BCUT2D eigenvalue weighted by atomic mass is 9.91. The predicted octanol–water partition coefficient (Wildman–Crippen LogP) is 13.0. The Bertz CT molecular complexity index is 2870. The van der Waals surface area contributed by atoms with Gasteiger partial charge in [0.25, 0.3) is 0 Å². The van der Waals surface area contributed by atoms with Crippen LogP contribution in [0.25, 0.3) is 110 Å². The Morgan fingerprint density at radius 1 is 0.255 bits per heavy atom. The van der Waals surface area contributed by atoms with Crippen molar-refractivity contribution >= 4 is 87.4 Å². The number of benzene rings is 8. The Balaban J connectivity index is 1.20. The summed E-state index contributed by atoms with van der Waals surface area (Å²) in [5.74, 6) is 0. The molecule has 0 spiro atoms. The van der Waals surface area contributed by atoms with Gasteiger partial charge in [-0.3, -0.25) is 0 Å². The maximum atomic E-state index is 6.84. The first-order valence-corrected chi connectivity index (χ1v) is 15.9. The summed E-state index contributed by atoms with van der Waals surface area (Å²) in [5, 5.41) is 11.5. The molecule has 0 amide bonds. The minimum Gasteiger partial charge on any atom is -0.456 e. The van der Waals surface area contributed by atoms with E-state index in [0.29, 0.717) is 0 Å². The zero-order chi connectivity index (χ0) is 30.6.